The first kappa shape index (κ1) is 17.9. The van der Waals surface area contributed by atoms with Crippen molar-refractivity contribution in [2.45, 2.75) is 26.6 Å². The van der Waals surface area contributed by atoms with E-state index in [9.17, 15) is 17.6 Å². The average Bonchev–Trinajstić information content (AvgIpc) is 2.35. The Hall–Kier alpha value is -1.14. The normalized spacial score (nSPS) is 12.4. The fourth-order valence-electron chi connectivity index (χ4n) is 1.95. The molecule has 1 rings (SSSR count). The Bertz CT molecular complexity index is 444. The minimum absolute atomic E-state index is 0.0659. The standard InChI is InChI=1S/C15H22F4N2/c1-11(2)9-20-7-8-21(3)10-12-5-4-6-13(14(12)16)15(17,18)19/h4-6,11,20H,7-10H2,1-3H3. The summed E-state index contributed by atoms with van der Waals surface area (Å²) in [5.74, 6) is -0.636. The van der Waals surface area contributed by atoms with E-state index in [0.717, 1.165) is 19.2 Å². The van der Waals surface area contributed by atoms with Crippen LogP contribution >= 0.6 is 0 Å². The van der Waals surface area contributed by atoms with E-state index in [2.05, 4.69) is 19.2 Å². The molecule has 0 spiro atoms. The van der Waals surface area contributed by atoms with Gasteiger partial charge in [0.2, 0.25) is 0 Å². The molecule has 1 aromatic carbocycles. The van der Waals surface area contributed by atoms with E-state index in [4.69, 9.17) is 0 Å². The van der Waals surface area contributed by atoms with E-state index in [1.165, 1.54) is 12.1 Å². The van der Waals surface area contributed by atoms with Gasteiger partial charge >= 0.3 is 6.18 Å². The van der Waals surface area contributed by atoms with Crippen molar-refractivity contribution in [1.29, 1.82) is 0 Å². The van der Waals surface area contributed by atoms with E-state index < -0.39 is 17.6 Å². The second-order valence-electron chi connectivity index (χ2n) is 5.61. The number of rotatable bonds is 7. The van der Waals surface area contributed by atoms with Gasteiger partial charge in [0.15, 0.2) is 0 Å². The van der Waals surface area contributed by atoms with Crippen molar-refractivity contribution >= 4 is 0 Å². The minimum Gasteiger partial charge on any atom is -0.315 e. The molecule has 0 aliphatic rings. The molecule has 21 heavy (non-hydrogen) atoms. The quantitative estimate of drug-likeness (QED) is 0.612. The molecule has 0 atom stereocenters. The summed E-state index contributed by atoms with van der Waals surface area (Å²) in [4.78, 5) is 1.80. The third kappa shape index (κ3) is 6.01. The molecule has 0 amide bonds. The number of halogens is 4. The molecule has 0 aromatic heterocycles. The van der Waals surface area contributed by atoms with Crippen molar-refractivity contribution in [2.24, 2.45) is 5.92 Å². The molecule has 0 unspecified atom stereocenters. The summed E-state index contributed by atoms with van der Waals surface area (Å²) in [6, 6.07) is 3.40. The maximum Gasteiger partial charge on any atom is 0.419 e. The smallest absolute Gasteiger partial charge is 0.315 e. The Labute approximate surface area is 123 Å². The van der Waals surface area contributed by atoms with Crippen molar-refractivity contribution in [3.05, 3.63) is 35.1 Å². The van der Waals surface area contributed by atoms with Crippen LogP contribution in [0.5, 0.6) is 0 Å². The molecule has 0 aliphatic carbocycles. The summed E-state index contributed by atoms with van der Waals surface area (Å²) in [5.41, 5.74) is -1.14. The molecular formula is C15H22F4N2. The van der Waals surface area contributed by atoms with Crippen LogP contribution in [0.1, 0.15) is 25.0 Å². The minimum atomic E-state index is -4.66. The number of hydrogen-bond donors (Lipinski definition) is 1. The van der Waals surface area contributed by atoms with Crippen molar-refractivity contribution in [2.75, 3.05) is 26.7 Å². The van der Waals surface area contributed by atoms with Gasteiger partial charge in [-0.1, -0.05) is 26.0 Å². The van der Waals surface area contributed by atoms with Crippen LogP contribution in [0.4, 0.5) is 17.6 Å². The lowest BCUT2D eigenvalue weighted by atomic mass is 10.1. The van der Waals surface area contributed by atoms with Gasteiger partial charge in [0.25, 0.3) is 0 Å². The molecule has 1 N–H and O–H groups in total. The monoisotopic (exact) mass is 306 g/mol. The van der Waals surface area contributed by atoms with Gasteiger partial charge in [-0.15, -0.1) is 0 Å². The molecule has 0 saturated carbocycles. The van der Waals surface area contributed by atoms with Crippen molar-refractivity contribution in [3.8, 4) is 0 Å². The van der Waals surface area contributed by atoms with Gasteiger partial charge in [-0.3, -0.25) is 0 Å². The maximum atomic E-state index is 13.9. The van der Waals surface area contributed by atoms with Gasteiger partial charge < -0.3 is 10.2 Å². The number of hydrogen-bond acceptors (Lipinski definition) is 2. The average molecular weight is 306 g/mol. The third-order valence-electron chi connectivity index (χ3n) is 3.05. The van der Waals surface area contributed by atoms with E-state index in [1.54, 1.807) is 11.9 Å². The third-order valence-corrected chi connectivity index (χ3v) is 3.05. The molecule has 0 heterocycles. The Balaban J connectivity index is 2.59. The first-order chi connectivity index (χ1) is 9.71. The molecule has 0 radical (unpaired) electrons. The van der Waals surface area contributed by atoms with Crippen LogP contribution < -0.4 is 5.32 Å². The first-order valence-electron chi connectivity index (χ1n) is 6.95. The molecule has 2 nitrogen and oxygen atoms in total. The predicted octanol–water partition coefficient (Wildman–Crippen LogP) is 3.52. The fourth-order valence-corrected chi connectivity index (χ4v) is 1.95. The lowest BCUT2D eigenvalue weighted by Gasteiger charge is -2.19. The first-order valence-corrected chi connectivity index (χ1v) is 6.95. The highest BCUT2D eigenvalue weighted by Crippen LogP contribution is 2.32. The zero-order chi connectivity index (χ0) is 16.0. The largest absolute Gasteiger partial charge is 0.419 e. The van der Waals surface area contributed by atoms with Gasteiger partial charge in [0, 0.05) is 25.2 Å². The summed E-state index contributed by atoms with van der Waals surface area (Å²) in [6.07, 6.45) is -4.66. The van der Waals surface area contributed by atoms with Crippen LogP contribution in [0.3, 0.4) is 0 Å². The van der Waals surface area contributed by atoms with Gasteiger partial charge in [0.1, 0.15) is 5.82 Å². The zero-order valence-electron chi connectivity index (χ0n) is 12.6. The van der Waals surface area contributed by atoms with Gasteiger partial charge in [-0.2, -0.15) is 13.2 Å². The number of nitrogens with zero attached hydrogens (tertiary/aromatic N) is 1. The highest BCUT2D eigenvalue weighted by Gasteiger charge is 2.34. The van der Waals surface area contributed by atoms with Crippen LogP contribution in [0.15, 0.2) is 18.2 Å². The molecule has 0 bridgehead atoms. The maximum absolute atomic E-state index is 13.9. The van der Waals surface area contributed by atoms with Crippen molar-refractivity contribution in [3.63, 3.8) is 0 Å². The van der Waals surface area contributed by atoms with Crippen LogP contribution in [0.2, 0.25) is 0 Å². The molecule has 1 aromatic rings. The molecular weight excluding hydrogens is 284 g/mol. The highest BCUT2D eigenvalue weighted by molar-refractivity contribution is 5.28. The molecule has 0 fully saturated rings. The van der Waals surface area contributed by atoms with E-state index in [1.807, 2.05) is 0 Å². The van der Waals surface area contributed by atoms with Crippen LogP contribution in [0.25, 0.3) is 0 Å². The highest BCUT2D eigenvalue weighted by atomic mass is 19.4. The van der Waals surface area contributed by atoms with Gasteiger partial charge in [0.05, 0.1) is 5.56 Å². The summed E-state index contributed by atoms with van der Waals surface area (Å²) < 4.78 is 51.7. The Kier molecular flexibility index (Phi) is 6.61. The summed E-state index contributed by atoms with van der Waals surface area (Å²) in [5, 5.41) is 3.24. The van der Waals surface area contributed by atoms with Crippen LogP contribution in [-0.4, -0.2) is 31.6 Å². The number of nitrogens with one attached hydrogen (secondary N) is 1. The van der Waals surface area contributed by atoms with Crippen LogP contribution in [-0.2, 0) is 12.7 Å². The van der Waals surface area contributed by atoms with Crippen LogP contribution in [0, 0.1) is 11.7 Å². The summed E-state index contributed by atoms with van der Waals surface area (Å²) in [6.45, 7) is 6.58. The Morgan fingerprint density at radius 1 is 1.24 bits per heavy atom. The van der Waals surface area contributed by atoms with E-state index in [0.29, 0.717) is 12.5 Å². The topological polar surface area (TPSA) is 15.3 Å². The molecule has 0 saturated heterocycles. The second-order valence-corrected chi connectivity index (χ2v) is 5.61. The predicted molar refractivity (Wildman–Crippen MR) is 75.4 cm³/mol. The lowest BCUT2D eigenvalue weighted by Crippen LogP contribution is -2.31. The molecule has 6 heteroatoms. The zero-order valence-corrected chi connectivity index (χ0v) is 12.6. The SMILES string of the molecule is CC(C)CNCCN(C)Cc1cccc(C(F)(F)F)c1F. The lowest BCUT2D eigenvalue weighted by molar-refractivity contribution is -0.140. The molecule has 120 valence electrons. The number of benzene rings is 1. The second kappa shape index (κ2) is 7.75. The molecule has 0 aliphatic heterocycles. The van der Waals surface area contributed by atoms with Gasteiger partial charge in [-0.05, 0) is 25.6 Å². The van der Waals surface area contributed by atoms with Gasteiger partial charge in [-0.25, -0.2) is 4.39 Å². The van der Waals surface area contributed by atoms with E-state index in [-0.39, 0.29) is 12.1 Å². The summed E-state index contributed by atoms with van der Waals surface area (Å²) in [7, 11) is 1.76. The van der Waals surface area contributed by atoms with Crippen molar-refractivity contribution in [1.82, 2.24) is 10.2 Å². The Morgan fingerprint density at radius 3 is 2.48 bits per heavy atom. The number of likely N-dealkylation sites (N-methyl/N-ethyl adjacent to an activating group) is 1. The fraction of sp³-hybridized carbons (Fsp3) is 0.600. The van der Waals surface area contributed by atoms with E-state index >= 15 is 0 Å². The number of alkyl halides is 3. The van der Waals surface area contributed by atoms with Crippen molar-refractivity contribution < 1.29 is 17.6 Å². The Morgan fingerprint density at radius 2 is 1.90 bits per heavy atom. The summed E-state index contributed by atoms with van der Waals surface area (Å²) >= 11 is 0.